The van der Waals surface area contributed by atoms with Crippen LogP contribution in [-0.4, -0.2) is 15.2 Å². The third-order valence-corrected chi connectivity index (χ3v) is 3.86. The van der Waals surface area contributed by atoms with E-state index in [1.807, 2.05) is 30.3 Å². The highest BCUT2D eigenvalue weighted by atomic mass is 79.9. The molecule has 0 unspecified atom stereocenters. The predicted octanol–water partition coefficient (Wildman–Crippen LogP) is 3.72. The van der Waals surface area contributed by atoms with Gasteiger partial charge in [0.1, 0.15) is 5.75 Å². The minimum Gasteiger partial charge on any atom is -0.508 e. The van der Waals surface area contributed by atoms with Crippen molar-refractivity contribution in [3.63, 3.8) is 0 Å². The van der Waals surface area contributed by atoms with Gasteiger partial charge in [-0.05, 0) is 29.3 Å². The average molecular weight is 345 g/mol. The summed E-state index contributed by atoms with van der Waals surface area (Å²) in [6.07, 6.45) is 1.13. The second-order valence-corrected chi connectivity index (χ2v) is 5.57. The van der Waals surface area contributed by atoms with Gasteiger partial charge in [0.15, 0.2) is 5.82 Å². The van der Waals surface area contributed by atoms with Crippen molar-refractivity contribution in [2.24, 2.45) is 0 Å². The molecule has 0 bridgehead atoms. The smallest absolute Gasteiger partial charge is 0.231 e. The molecule has 5 heteroatoms. The molecular formula is C16H13BrN2O2. The number of rotatable bonds is 4. The molecule has 106 valence electrons. The van der Waals surface area contributed by atoms with Gasteiger partial charge in [0, 0.05) is 10.9 Å². The highest BCUT2D eigenvalue weighted by molar-refractivity contribution is 9.10. The van der Waals surface area contributed by atoms with Gasteiger partial charge in [0.25, 0.3) is 0 Å². The first-order chi connectivity index (χ1) is 10.2. The second kappa shape index (κ2) is 6.10. The summed E-state index contributed by atoms with van der Waals surface area (Å²) < 4.78 is 6.29. The van der Waals surface area contributed by atoms with E-state index in [2.05, 4.69) is 26.1 Å². The molecule has 0 saturated carbocycles. The SMILES string of the molecule is Oc1cccc(Cc2nc(Cc3ccccc3Br)no2)c1. The van der Waals surface area contributed by atoms with E-state index < -0.39 is 0 Å². The Bertz CT molecular complexity index is 755. The number of halogens is 1. The molecule has 0 aliphatic carbocycles. The summed E-state index contributed by atoms with van der Waals surface area (Å²) in [7, 11) is 0. The maximum Gasteiger partial charge on any atom is 0.231 e. The normalized spacial score (nSPS) is 10.7. The van der Waals surface area contributed by atoms with E-state index in [0.717, 1.165) is 15.6 Å². The number of hydrogen-bond acceptors (Lipinski definition) is 4. The Hall–Kier alpha value is -2.14. The van der Waals surface area contributed by atoms with Crippen LogP contribution in [-0.2, 0) is 12.8 Å². The van der Waals surface area contributed by atoms with Crippen LogP contribution in [0.15, 0.2) is 57.5 Å². The number of nitrogens with zero attached hydrogens (tertiary/aromatic N) is 2. The zero-order chi connectivity index (χ0) is 14.7. The Labute approximate surface area is 130 Å². The van der Waals surface area contributed by atoms with Crippen molar-refractivity contribution in [3.8, 4) is 5.75 Å². The summed E-state index contributed by atoms with van der Waals surface area (Å²) in [5.41, 5.74) is 2.05. The molecule has 1 aromatic heterocycles. The van der Waals surface area contributed by atoms with Crippen LogP contribution in [0.4, 0.5) is 0 Å². The minimum atomic E-state index is 0.237. The van der Waals surface area contributed by atoms with Crippen LogP contribution in [0.3, 0.4) is 0 Å². The van der Waals surface area contributed by atoms with Gasteiger partial charge < -0.3 is 9.63 Å². The maximum absolute atomic E-state index is 9.45. The Morgan fingerprint density at radius 3 is 2.71 bits per heavy atom. The van der Waals surface area contributed by atoms with E-state index in [1.165, 1.54) is 0 Å². The fourth-order valence-electron chi connectivity index (χ4n) is 2.09. The summed E-state index contributed by atoms with van der Waals surface area (Å²) in [6, 6.07) is 15.0. The number of phenolic OH excluding ortho intramolecular Hbond substituents is 1. The molecule has 4 nitrogen and oxygen atoms in total. The van der Waals surface area contributed by atoms with Crippen molar-refractivity contribution in [2.75, 3.05) is 0 Å². The average Bonchev–Trinajstić information content (AvgIpc) is 2.89. The largest absolute Gasteiger partial charge is 0.508 e. The molecule has 0 amide bonds. The molecule has 3 rings (SSSR count). The number of aromatic hydroxyl groups is 1. The Balaban J connectivity index is 1.73. The molecule has 1 N–H and O–H groups in total. The van der Waals surface area contributed by atoms with Gasteiger partial charge in [-0.3, -0.25) is 0 Å². The monoisotopic (exact) mass is 344 g/mol. The fraction of sp³-hybridized carbons (Fsp3) is 0.125. The molecule has 0 fully saturated rings. The van der Waals surface area contributed by atoms with Gasteiger partial charge >= 0.3 is 0 Å². The summed E-state index contributed by atoms with van der Waals surface area (Å²) in [5, 5.41) is 13.5. The third-order valence-electron chi connectivity index (χ3n) is 3.08. The zero-order valence-electron chi connectivity index (χ0n) is 11.2. The van der Waals surface area contributed by atoms with Crippen molar-refractivity contribution in [2.45, 2.75) is 12.8 Å². The fourth-order valence-corrected chi connectivity index (χ4v) is 2.51. The van der Waals surface area contributed by atoms with Crippen LogP contribution < -0.4 is 0 Å². The van der Waals surface area contributed by atoms with E-state index in [1.54, 1.807) is 18.2 Å². The number of phenols is 1. The summed E-state index contributed by atoms with van der Waals surface area (Å²) in [5.74, 6) is 1.43. The standard InChI is InChI=1S/C16H13BrN2O2/c17-14-7-2-1-5-12(14)10-15-18-16(21-19-15)9-11-4-3-6-13(20)8-11/h1-8,20H,9-10H2. The van der Waals surface area contributed by atoms with Crippen LogP contribution in [0, 0.1) is 0 Å². The van der Waals surface area contributed by atoms with E-state index in [9.17, 15) is 5.11 Å². The molecule has 0 atom stereocenters. The van der Waals surface area contributed by atoms with E-state index >= 15 is 0 Å². The van der Waals surface area contributed by atoms with Crippen LogP contribution >= 0.6 is 15.9 Å². The number of benzene rings is 2. The number of aromatic nitrogens is 2. The molecule has 2 aromatic carbocycles. The second-order valence-electron chi connectivity index (χ2n) is 4.72. The summed E-state index contributed by atoms with van der Waals surface area (Å²) in [4.78, 5) is 4.39. The van der Waals surface area contributed by atoms with Crippen molar-refractivity contribution in [3.05, 3.63) is 75.8 Å². The molecule has 0 aliphatic rings. The zero-order valence-corrected chi connectivity index (χ0v) is 12.7. The molecule has 0 aliphatic heterocycles. The first-order valence-corrected chi connectivity index (χ1v) is 7.33. The molecule has 0 radical (unpaired) electrons. The lowest BCUT2D eigenvalue weighted by molar-refractivity contribution is 0.380. The highest BCUT2D eigenvalue weighted by Crippen LogP contribution is 2.19. The topological polar surface area (TPSA) is 59.2 Å². The van der Waals surface area contributed by atoms with Gasteiger partial charge in [0.05, 0.1) is 6.42 Å². The first kappa shape index (κ1) is 13.8. The van der Waals surface area contributed by atoms with Crippen molar-refractivity contribution >= 4 is 15.9 Å². The summed E-state index contributed by atoms with van der Waals surface area (Å²) >= 11 is 3.51. The molecule has 0 spiro atoms. The number of hydrogen-bond donors (Lipinski definition) is 1. The Morgan fingerprint density at radius 1 is 1.05 bits per heavy atom. The highest BCUT2D eigenvalue weighted by Gasteiger charge is 2.09. The van der Waals surface area contributed by atoms with Crippen molar-refractivity contribution in [1.29, 1.82) is 0 Å². The Morgan fingerprint density at radius 2 is 1.90 bits per heavy atom. The quantitative estimate of drug-likeness (QED) is 0.783. The van der Waals surface area contributed by atoms with Crippen LogP contribution in [0.1, 0.15) is 22.8 Å². The molecule has 21 heavy (non-hydrogen) atoms. The van der Waals surface area contributed by atoms with E-state index in [0.29, 0.717) is 24.6 Å². The molecular weight excluding hydrogens is 332 g/mol. The third kappa shape index (κ3) is 3.49. The lowest BCUT2D eigenvalue weighted by Crippen LogP contribution is -1.93. The van der Waals surface area contributed by atoms with Gasteiger partial charge in [-0.25, -0.2) is 0 Å². The summed E-state index contributed by atoms with van der Waals surface area (Å²) in [6.45, 7) is 0. The van der Waals surface area contributed by atoms with Crippen LogP contribution in [0.5, 0.6) is 5.75 Å². The van der Waals surface area contributed by atoms with Gasteiger partial charge in [-0.15, -0.1) is 0 Å². The lowest BCUT2D eigenvalue weighted by Gasteiger charge is -1.99. The van der Waals surface area contributed by atoms with Crippen molar-refractivity contribution < 1.29 is 9.63 Å². The minimum absolute atomic E-state index is 0.237. The maximum atomic E-state index is 9.45. The van der Waals surface area contributed by atoms with E-state index in [-0.39, 0.29) is 5.75 Å². The predicted molar refractivity (Wildman–Crippen MR) is 82.2 cm³/mol. The first-order valence-electron chi connectivity index (χ1n) is 6.53. The van der Waals surface area contributed by atoms with Crippen LogP contribution in [0.25, 0.3) is 0 Å². The molecule has 3 aromatic rings. The van der Waals surface area contributed by atoms with E-state index in [4.69, 9.17) is 4.52 Å². The van der Waals surface area contributed by atoms with Gasteiger partial charge in [0.2, 0.25) is 5.89 Å². The molecule has 0 saturated heterocycles. The van der Waals surface area contributed by atoms with Gasteiger partial charge in [-0.2, -0.15) is 4.98 Å². The lowest BCUT2D eigenvalue weighted by atomic mass is 10.1. The van der Waals surface area contributed by atoms with Crippen molar-refractivity contribution in [1.82, 2.24) is 10.1 Å². The van der Waals surface area contributed by atoms with Crippen LogP contribution in [0.2, 0.25) is 0 Å². The Kier molecular flexibility index (Phi) is 4.01. The van der Waals surface area contributed by atoms with Gasteiger partial charge in [-0.1, -0.05) is 51.4 Å². The molecule has 1 heterocycles.